The second-order valence-electron chi connectivity index (χ2n) is 11.8. The fraction of sp³-hybridized carbons (Fsp3) is 0.806. The lowest BCUT2D eigenvalue weighted by Crippen LogP contribution is -2.45. The number of hydrogen-bond acceptors (Lipinski definition) is 4. The van der Waals surface area contributed by atoms with E-state index in [1.54, 1.807) is 6.08 Å². The van der Waals surface area contributed by atoms with E-state index in [4.69, 9.17) is 0 Å². The second kappa shape index (κ2) is 31.5. The van der Waals surface area contributed by atoms with Crippen LogP contribution in [0.25, 0.3) is 0 Å². The van der Waals surface area contributed by atoms with Crippen LogP contribution in [0.4, 0.5) is 0 Å². The van der Waals surface area contributed by atoms with E-state index in [0.717, 1.165) is 51.4 Å². The summed E-state index contributed by atoms with van der Waals surface area (Å²) in [5.41, 5.74) is 0. The number of rotatable bonds is 30. The molecule has 0 aromatic rings. The van der Waals surface area contributed by atoms with Crippen molar-refractivity contribution < 1.29 is 20.1 Å². The van der Waals surface area contributed by atoms with Crippen LogP contribution in [0.1, 0.15) is 162 Å². The fourth-order valence-corrected chi connectivity index (χ4v) is 4.94. The summed E-state index contributed by atoms with van der Waals surface area (Å²) in [5.74, 6) is -0.339. The standard InChI is InChI=1S/C36H67NO4/c1-3-5-7-9-11-13-15-16-17-18-19-20-22-24-26-28-30-35(40)34(32-38)37-36(41)31-33(39)29-27-25-23-21-14-12-10-8-6-4-2/h12,14,20,22,28,30,33-35,38-40H,3-11,13,15-19,21,23-27,29,31-32H2,1-2H3,(H,37,41)/b14-12-,22-20+,30-28+. The van der Waals surface area contributed by atoms with Gasteiger partial charge in [0.1, 0.15) is 0 Å². The Kier molecular flexibility index (Phi) is 30.4. The Morgan fingerprint density at radius 3 is 1.61 bits per heavy atom. The van der Waals surface area contributed by atoms with E-state index in [1.807, 2.05) is 6.08 Å². The van der Waals surface area contributed by atoms with Crippen molar-refractivity contribution in [3.63, 3.8) is 0 Å². The van der Waals surface area contributed by atoms with Crippen molar-refractivity contribution in [2.24, 2.45) is 0 Å². The summed E-state index contributed by atoms with van der Waals surface area (Å²) in [6.07, 6.45) is 37.0. The molecule has 0 heterocycles. The molecule has 0 bridgehead atoms. The molecule has 3 unspecified atom stereocenters. The zero-order valence-electron chi connectivity index (χ0n) is 26.9. The van der Waals surface area contributed by atoms with Crippen LogP contribution in [0.15, 0.2) is 36.5 Å². The van der Waals surface area contributed by atoms with Crippen LogP contribution in [0.3, 0.4) is 0 Å². The molecule has 0 aliphatic rings. The van der Waals surface area contributed by atoms with Gasteiger partial charge in [0, 0.05) is 0 Å². The predicted molar refractivity (Wildman–Crippen MR) is 176 cm³/mol. The Morgan fingerprint density at radius 2 is 1.05 bits per heavy atom. The highest BCUT2D eigenvalue weighted by Crippen LogP contribution is 2.12. The molecule has 1 amide bonds. The minimum Gasteiger partial charge on any atom is -0.394 e. The Labute approximate surface area is 254 Å². The SMILES string of the molecule is CCCCC/C=C\CCCCCC(O)CC(=O)NC(CO)C(O)/C=C/CC/C=C/CCCCCCCCCCCC. The van der Waals surface area contributed by atoms with Gasteiger partial charge in [0.15, 0.2) is 0 Å². The quantitative estimate of drug-likeness (QED) is 0.0507. The molecule has 0 aromatic heterocycles. The highest BCUT2D eigenvalue weighted by molar-refractivity contribution is 5.76. The minimum absolute atomic E-state index is 0.00585. The molecule has 0 aliphatic heterocycles. The summed E-state index contributed by atoms with van der Waals surface area (Å²) >= 11 is 0. The van der Waals surface area contributed by atoms with Gasteiger partial charge in [-0.05, 0) is 57.8 Å². The van der Waals surface area contributed by atoms with Gasteiger partial charge in [0.25, 0.3) is 0 Å². The van der Waals surface area contributed by atoms with Crippen molar-refractivity contribution in [3.05, 3.63) is 36.5 Å². The molecule has 0 rings (SSSR count). The third kappa shape index (κ3) is 28.5. The Balaban J connectivity index is 3.84. The normalized spacial score (nSPS) is 14.4. The zero-order chi connectivity index (χ0) is 30.2. The van der Waals surface area contributed by atoms with Crippen molar-refractivity contribution in [1.29, 1.82) is 0 Å². The number of carbonyl (C=O) groups excluding carboxylic acids is 1. The van der Waals surface area contributed by atoms with Gasteiger partial charge in [0.2, 0.25) is 5.91 Å². The lowest BCUT2D eigenvalue weighted by atomic mass is 10.1. The first-order valence-corrected chi connectivity index (χ1v) is 17.3. The molecule has 3 atom stereocenters. The number of carbonyl (C=O) groups is 1. The van der Waals surface area contributed by atoms with Gasteiger partial charge in [-0.15, -0.1) is 0 Å². The van der Waals surface area contributed by atoms with Crippen molar-refractivity contribution in [3.8, 4) is 0 Å². The summed E-state index contributed by atoms with van der Waals surface area (Å²) in [7, 11) is 0. The first-order chi connectivity index (χ1) is 20.0. The predicted octanol–water partition coefficient (Wildman–Crippen LogP) is 8.87. The molecule has 4 N–H and O–H groups in total. The zero-order valence-corrected chi connectivity index (χ0v) is 26.9. The fourth-order valence-electron chi connectivity index (χ4n) is 4.94. The van der Waals surface area contributed by atoms with Crippen LogP contribution in [0.2, 0.25) is 0 Å². The van der Waals surface area contributed by atoms with Crippen molar-refractivity contribution in [2.75, 3.05) is 6.61 Å². The van der Waals surface area contributed by atoms with E-state index in [0.29, 0.717) is 6.42 Å². The van der Waals surface area contributed by atoms with Crippen molar-refractivity contribution >= 4 is 5.91 Å². The molecule has 0 aromatic carbocycles. The highest BCUT2D eigenvalue weighted by Gasteiger charge is 2.20. The van der Waals surface area contributed by atoms with Gasteiger partial charge >= 0.3 is 0 Å². The number of unbranched alkanes of at least 4 members (excludes halogenated alkanes) is 17. The third-order valence-corrected chi connectivity index (χ3v) is 7.65. The van der Waals surface area contributed by atoms with E-state index in [-0.39, 0.29) is 18.9 Å². The molecule has 5 nitrogen and oxygen atoms in total. The Hall–Kier alpha value is -1.43. The van der Waals surface area contributed by atoms with Crippen LogP contribution >= 0.6 is 0 Å². The first-order valence-electron chi connectivity index (χ1n) is 17.3. The molecular formula is C36H67NO4. The summed E-state index contributed by atoms with van der Waals surface area (Å²) < 4.78 is 0. The molecular weight excluding hydrogens is 510 g/mol. The number of nitrogens with one attached hydrogen (secondary N) is 1. The van der Waals surface area contributed by atoms with E-state index in [9.17, 15) is 20.1 Å². The van der Waals surface area contributed by atoms with E-state index in [2.05, 4.69) is 43.5 Å². The second-order valence-corrected chi connectivity index (χ2v) is 11.8. The van der Waals surface area contributed by atoms with Crippen LogP contribution in [0, 0.1) is 0 Å². The molecule has 41 heavy (non-hydrogen) atoms. The maximum Gasteiger partial charge on any atom is 0.222 e. The van der Waals surface area contributed by atoms with Gasteiger partial charge in [0.05, 0.1) is 31.3 Å². The molecule has 0 fully saturated rings. The average Bonchev–Trinajstić information content (AvgIpc) is 2.96. The van der Waals surface area contributed by atoms with Gasteiger partial charge in [-0.3, -0.25) is 4.79 Å². The minimum atomic E-state index is -0.952. The Morgan fingerprint density at radius 1 is 0.610 bits per heavy atom. The van der Waals surface area contributed by atoms with Gasteiger partial charge in [-0.1, -0.05) is 134 Å². The third-order valence-electron chi connectivity index (χ3n) is 7.65. The van der Waals surface area contributed by atoms with Gasteiger partial charge < -0.3 is 20.6 Å². The van der Waals surface area contributed by atoms with E-state index in [1.165, 1.54) is 83.5 Å². The number of aliphatic hydroxyl groups excluding tert-OH is 3. The van der Waals surface area contributed by atoms with Crippen LogP contribution in [-0.2, 0) is 4.79 Å². The van der Waals surface area contributed by atoms with Crippen molar-refractivity contribution in [2.45, 2.75) is 180 Å². The average molecular weight is 578 g/mol. The topological polar surface area (TPSA) is 89.8 Å². The summed E-state index contributed by atoms with van der Waals surface area (Å²) in [6.45, 7) is 4.13. The Bertz CT molecular complexity index is 645. The number of amides is 1. The maximum absolute atomic E-state index is 12.3. The maximum atomic E-state index is 12.3. The lowest BCUT2D eigenvalue weighted by molar-refractivity contribution is -0.124. The summed E-state index contributed by atoms with van der Waals surface area (Å²) in [4.78, 5) is 12.3. The summed E-state index contributed by atoms with van der Waals surface area (Å²) in [5, 5.41) is 32.9. The molecule has 5 heteroatoms. The first kappa shape index (κ1) is 39.6. The van der Waals surface area contributed by atoms with Crippen LogP contribution in [0.5, 0.6) is 0 Å². The molecule has 0 aliphatic carbocycles. The molecule has 0 saturated heterocycles. The molecule has 0 spiro atoms. The number of aliphatic hydroxyl groups is 3. The van der Waals surface area contributed by atoms with Gasteiger partial charge in [-0.25, -0.2) is 0 Å². The number of allylic oxidation sites excluding steroid dienone is 5. The molecule has 240 valence electrons. The van der Waals surface area contributed by atoms with E-state index < -0.39 is 18.2 Å². The molecule has 0 radical (unpaired) electrons. The largest absolute Gasteiger partial charge is 0.394 e. The smallest absolute Gasteiger partial charge is 0.222 e. The van der Waals surface area contributed by atoms with Gasteiger partial charge in [-0.2, -0.15) is 0 Å². The lowest BCUT2D eigenvalue weighted by Gasteiger charge is -2.20. The van der Waals surface area contributed by atoms with Crippen molar-refractivity contribution in [1.82, 2.24) is 5.32 Å². The molecule has 0 saturated carbocycles. The summed E-state index contributed by atoms with van der Waals surface area (Å²) in [6, 6.07) is -0.762. The number of hydrogen-bond donors (Lipinski definition) is 4. The van der Waals surface area contributed by atoms with Crippen LogP contribution < -0.4 is 5.32 Å². The van der Waals surface area contributed by atoms with Crippen LogP contribution in [-0.4, -0.2) is 46.1 Å². The van der Waals surface area contributed by atoms with E-state index >= 15 is 0 Å². The monoisotopic (exact) mass is 578 g/mol. The highest BCUT2D eigenvalue weighted by atomic mass is 16.3.